The van der Waals surface area contributed by atoms with Gasteiger partial charge in [-0.1, -0.05) is 11.6 Å². The summed E-state index contributed by atoms with van der Waals surface area (Å²) in [7, 11) is 0. The topological polar surface area (TPSA) is 22.1 Å². The van der Waals surface area contributed by atoms with Crippen LogP contribution in [0.25, 0.3) is 0 Å². The lowest BCUT2D eigenvalue weighted by atomic mass is 10.4. The Morgan fingerprint density at radius 3 is 2.64 bits per heavy atom. The van der Waals surface area contributed by atoms with E-state index in [-0.39, 0.29) is 10.9 Å². The van der Waals surface area contributed by atoms with E-state index >= 15 is 0 Å². The number of alkyl halides is 3. The molecule has 1 rings (SSSR count). The first kappa shape index (κ1) is 11.1. The monoisotopic (exact) mass is 225 g/mol. The van der Waals surface area contributed by atoms with Crippen molar-refractivity contribution in [3.8, 4) is 5.88 Å². The van der Waals surface area contributed by atoms with E-state index in [1.165, 1.54) is 18.3 Å². The minimum Gasteiger partial charge on any atom is -0.464 e. The molecule has 78 valence electrons. The van der Waals surface area contributed by atoms with Crippen LogP contribution in [0.1, 0.15) is 6.92 Å². The van der Waals surface area contributed by atoms with Gasteiger partial charge in [0.25, 0.3) is 0 Å². The highest BCUT2D eigenvalue weighted by atomic mass is 35.5. The number of aromatic nitrogens is 1. The number of hydrogen-bond acceptors (Lipinski definition) is 2. The second-order valence-corrected chi connectivity index (χ2v) is 3.00. The van der Waals surface area contributed by atoms with Crippen LogP contribution in [-0.2, 0) is 0 Å². The summed E-state index contributed by atoms with van der Waals surface area (Å²) < 4.78 is 40.8. The average Bonchev–Trinajstić information content (AvgIpc) is 2.07. The number of ether oxygens (including phenoxy) is 1. The van der Waals surface area contributed by atoms with Crippen LogP contribution in [0, 0.1) is 0 Å². The van der Waals surface area contributed by atoms with E-state index in [1.807, 2.05) is 0 Å². The smallest absolute Gasteiger partial charge is 0.425 e. The van der Waals surface area contributed by atoms with Crippen LogP contribution in [0.2, 0.25) is 5.02 Å². The molecule has 6 heteroatoms. The van der Waals surface area contributed by atoms with Gasteiger partial charge in [0.1, 0.15) is 5.02 Å². The van der Waals surface area contributed by atoms with Crippen LogP contribution in [0.3, 0.4) is 0 Å². The molecule has 1 atom stereocenters. The number of nitrogens with zero attached hydrogens (tertiary/aromatic N) is 1. The van der Waals surface area contributed by atoms with E-state index in [0.717, 1.165) is 6.92 Å². The first-order valence-corrected chi connectivity index (χ1v) is 4.13. The average molecular weight is 226 g/mol. The number of halogens is 4. The number of rotatable bonds is 2. The molecule has 14 heavy (non-hydrogen) atoms. The molecule has 1 aromatic heterocycles. The summed E-state index contributed by atoms with van der Waals surface area (Å²) in [5, 5.41) is 0.0589. The maximum Gasteiger partial charge on any atom is 0.425 e. The molecule has 0 bridgehead atoms. The van der Waals surface area contributed by atoms with Gasteiger partial charge in [0, 0.05) is 6.20 Å². The van der Waals surface area contributed by atoms with Crippen LogP contribution >= 0.6 is 11.6 Å². The highest BCUT2D eigenvalue weighted by molar-refractivity contribution is 6.31. The largest absolute Gasteiger partial charge is 0.464 e. The molecule has 0 amide bonds. The van der Waals surface area contributed by atoms with Crippen molar-refractivity contribution in [1.29, 1.82) is 0 Å². The minimum absolute atomic E-state index is 0.0589. The van der Waals surface area contributed by atoms with Crippen molar-refractivity contribution in [2.24, 2.45) is 0 Å². The molecule has 0 spiro atoms. The normalized spacial score (nSPS) is 13.8. The molecule has 0 saturated carbocycles. The quantitative estimate of drug-likeness (QED) is 0.772. The third kappa shape index (κ3) is 2.77. The first-order valence-electron chi connectivity index (χ1n) is 3.75. The molecule has 0 aliphatic heterocycles. The Bertz CT molecular complexity index is 316. The molecule has 0 aliphatic carbocycles. The van der Waals surface area contributed by atoms with Gasteiger partial charge in [0.2, 0.25) is 5.88 Å². The Morgan fingerprint density at radius 1 is 1.50 bits per heavy atom. The second kappa shape index (κ2) is 4.04. The van der Waals surface area contributed by atoms with Crippen molar-refractivity contribution in [3.63, 3.8) is 0 Å². The fourth-order valence-electron chi connectivity index (χ4n) is 0.692. The fourth-order valence-corrected chi connectivity index (χ4v) is 0.858. The van der Waals surface area contributed by atoms with Gasteiger partial charge < -0.3 is 4.74 Å². The molecule has 0 unspecified atom stereocenters. The second-order valence-electron chi connectivity index (χ2n) is 2.59. The maximum absolute atomic E-state index is 12.1. The first-order chi connectivity index (χ1) is 6.41. The number of pyridine rings is 1. The Balaban J connectivity index is 2.75. The predicted molar refractivity (Wildman–Crippen MR) is 45.4 cm³/mol. The SMILES string of the molecule is C[C@H](Oc1ncccc1Cl)C(F)(F)F. The Labute approximate surface area is 83.7 Å². The van der Waals surface area contributed by atoms with Crippen molar-refractivity contribution < 1.29 is 17.9 Å². The minimum atomic E-state index is -4.42. The molecule has 1 aromatic rings. The lowest BCUT2D eigenvalue weighted by Crippen LogP contribution is -2.31. The Morgan fingerprint density at radius 2 is 2.14 bits per heavy atom. The van der Waals surface area contributed by atoms with Crippen LogP contribution < -0.4 is 4.74 Å². The van der Waals surface area contributed by atoms with E-state index in [1.54, 1.807) is 0 Å². The van der Waals surface area contributed by atoms with Crippen LogP contribution in [0.4, 0.5) is 13.2 Å². The van der Waals surface area contributed by atoms with E-state index in [2.05, 4.69) is 9.72 Å². The molecular weight excluding hydrogens is 219 g/mol. The van der Waals surface area contributed by atoms with Gasteiger partial charge in [-0.2, -0.15) is 13.2 Å². The molecule has 0 fully saturated rings. The van der Waals surface area contributed by atoms with Gasteiger partial charge in [-0.05, 0) is 19.1 Å². The molecular formula is C8H7ClF3NO. The molecule has 0 aliphatic rings. The van der Waals surface area contributed by atoms with Crippen LogP contribution in [0.5, 0.6) is 5.88 Å². The summed E-state index contributed by atoms with van der Waals surface area (Å²) in [6.45, 7) is 0.894. The molecule has 1 heterocycles. The summed E-state index contributed by atoms with van der Waals surface area (Å²) in [6.07, 6.45) is -5.03. The fraction of sp³-hybridized carbons (Fsp3) is 0.375. The highest BCUT2D eigenvalue weighted by Crippen LogP contribution is 2.27. The summed E-state index contributed by atoms with van der Waals surface area (Å²) in [6, 6.07) is 2.92. The summed E-state index contributed by atoms with van der Waals surface area (Å²) in [4.78, 5) is 3.58. The van der Waals surface area contributed by atoms with Gasteiger partial charge in [-0.15, -0.1) is 0 Å². The Kier molecular flexibility index (Phi) is 3.21. The molecule has 0 saturated heterocycles. The highest BCUT2D eigenvalue weighted by Gasteiger charge is 2.38. The van der Waals surface area contributed by atoms with Gasteiger partial charge >= 0.3 is 6.18 Å². The van der Waals surface area contributed by atoms with E-state index < -0.39 is 12.3 Å². The van der Waals surface area contributed by atoms with Crippen molar-refractivity contribution in [1.82, 2.24) is 4.98 Å². The van der Waals surface area contributed by atoms with Gasteiger partial charge in [0.05, 0.1) is 0 Å². The van der Waals surface area contributed by atoms with Crippen molar-refractivity contribution in [3.05, 3.63) is 23.4 Å². The van der Waals surface area contributed by atoms with Gasteiger partial charge in [-0.3, -0.25) is 0 Å². The van der Waals surface area contributed by atoms with Gasteiger partial charge in [0.15, 0.2) is 6.10 Å². The zero-order valence-corrected chi connectivity index (χ0v) is 7.93. The third-order valence-corrected chi connectivity index (χ3v) is 1.76. The Hall–Kier alpha value is -0.970. The van der Waals surface area contributed by atoms with Crippen molar-refractivity contribution in [2.75, 3.05) is 0 Å². The maximum atomic E-state index is 12.1. The van der Waals surface area contributed by atoms with Crippen LogP contribution in [0.15, 0.2) is 18.3 Å². The molecule has 0 radical (unpaired) electrons. The predicted octanol–water partition coefficient (Wildman–Crippen LogP) is 3.06. The van der Waals surface area contributed by atoms with Gasteiger partial charge in [-0.25, -0.2) is 4.98 Å². The zero-order valence-electron chi connectivity index (χ0n) is 7.18. The molecule has 0 N–H and O–H groups in total. The third-order valence-electron chi connectivity index (χ3n) is 1.47. The van der Waals surface area contributed by atoms with Crippen LogP contribution in [-0.4, -0.2) is 17.3 Å². The zero-order chi connectivity index (χ0) is 10.8. The summed E-state index contributed by atoms with van der Waals surface area (Å²) in [5.41, 5.74) is 0. The molecule has 2 nitrogen and oxygen atoms in total. The standard InChI is InChI=1S/C8H7ClF3NO/c1-5(8(10,11)12)14-7-6(9)3-2-4-13-7/h2-5H,1H3/t5-/m0/s1. The lowest BCUT2D eigenvalue weighted by Gasteiger charge is -2.17. The van der Waals surface area contributed by atoms with E-state index in [4.69, 9.17) is 11.6 Å². The summed E-state index contributed by atoms with van der Waals surface area (Å²) in [5.74, 6) is -0.209. The van der Waals surface area contributed by atoms with Crippen molar-refractivity contribution in [2.45, 2.75) is 19.2 Å². The molecule has 0 aromatic carbocycles. The van der Waals surface area contributed by atoms with E-state index in [0.29, 0.717) is 0 Å². The summed E-state index contributed by atoms with van der Waals surface area (Å²) >= 11 is 5.56. The van der Waals surface area contributed by atoms with Crippen molar-refractivity contribution >= 4 is 11.6 Å². The van der Waals surface area contributed by atoms with E-state index in [9.17, 15) is 13.2 Å². The number of hydrogen-bond donors (Lipinski definition) is 0. The lowest BCUT2D eigenvalue weighted by molar-refractivity contribution is -0.189.